The van der Waals surface area contributed by atoms with Crippen LogP contribution < -0.4 is 24.8 Å². The van der Waals surface area contributed by atoms with Gasteiger partial charge in [0.15, 0.2) is 16.6 Å². The second-order valence-electron chi connectivity index (χ2n) is 5.97. The molecular weight excluding hydrogens is 430 g/mol. The predicted octanol–water partition coefficient (Wildman–Crippen LogP) is 1.86. The minimum absolute atomic E-state index is 0.198. The lowest BCUT2D eigenvalue weighted by Gasteiger charge is -2.15. The summed E-state index contributed by atoms with van der Waals surface area (Å²) in [5.74, 6) is 1.01. The minimum atomic E-state index is -0.362. The Morgan fingerprint density at radius 1 is 1.07 bits per heavy atom. The molecule has 2 rings (SSSR count). The molecular formula is C19H25N3O6S2. The van der Waals surface area contributed by atoms with E-state index in [0.717, 1.165) is 11.8 Å². The van der Waals surface area contributed by atoms with Gasteiger partial charge >= 0.3 is 0 Å². The zero-order valence-corrected chi connectivity index (χ0v) is 18.9. The Balaban J connectivity index is 2.05. The van der Waals surface area contributed by atoms with E-state index in [1.165, 1.54) is 26.2 Å². The molecule has 1 aliphatic rings. The number of thioether (sulfide) groups is 1. The van der Waals surface area contributed by atoms with Gasteiger partial charge in [-0.1, -0.05) is 0 Å². The van der Waals surface area contributed by atoms with E-state index < -0.39 is 0 Å². The normalized spacial score (nSPS) is 14.8. The van der Waals surface area contributed by atoms with Crippen molar-refractivity contribution in [2.75, 3.05) is 54.7 Å². The summed E-state index contributed by atoms with van der Waals surface area (Å²) in [6, 6.07) is 3.42. The minimum Gasteiger partial charge on any atom is -0.493 e. The van der Waals surface area contributed by atoms with Crippen LogP contribution in [0.25, 0.3) is 6.08 Å². The number of benzene rings is 1. The Morgan fingerprint density at radius 3 is 2.27 bits per heavy atom. The average molecular weight is 456 g/mol. The van der Waals surface area contributed by atoms with Crippen LogP contribution in [0.1, 0.15) is 5.56 Å². The summed E-state index contributed by atoms with van der Waals surface area (Å²) in [6.45, 7) is 1.63. The fraction of sp³-hybridized carbons (Fsp3) is 0.421. The molecule has 0 radical (unpaired) electrons. The first-order valence-electron chi connectivity index (χ1n) is 9.01. The molecule has 0 bridgehead atoms. The van der Waals surface area contributed by atoms with Crippen LogP contribution in [-0.4, -0.2) is 75.8 Å². The van der Waals surface area contributed by atoms with Crippen molar-refractivity contribution in [3.8, 4) is 17.2 Å². The Bertz CT molecular complexity index is 805. The molecule has 1 aromatic carbocycles. The topological polar surface area (TPSA) is 98.4 Å². The van der Waals surface area contributed by atoms with Gasteiger partial charge in [-0.15, -0.1) is 0 Å². The van der Waals surface area contributed by atoms with Crippen LogP contribution in [0.5, 0.6) is 17.2 Å². The van der Waals surface area contributed by atoms with E-state index in [1.54, 1.807) is 25.3 Å². The van der Waals surface area contributed by atoms with Crippen molar-refractivity contribution in [1.82, 2.24) is 15.5 Å². The van der Waals surface area contributed by atoms with Gasteiger partial charge in [0.2, 0.25) is 5.75 Å². The number of hydrogen-bond acceptors (Lipinski definition) is 8. The highest BCUT2D eigenvalue weighted by Crippen LogP contribution is 2.40. The van der Waals surface area contributed by atoms with Crippen molar-refractivity contribution in [2.45, 2.75) is 0 Å². The monoisotopic (exact) mass is 455 g/mol. The molecule has 0 spiro atoms. The van der Waals surface area contributed by atoms with Crippen LogP contribution in [-0.2, 0) is 9.53 Å². The maximum Gasteiger partial charge on any atom is 0.293 e. The van der Waals surface area contributed by atoms with Gasteiger partial charge in [-0.3, -0.25) is 14.5 Å². The number of thiocarbonyl (C=S) groups is 1. The third kappa shape index (κ3) is 6.00. The van der Waals surface area contributed by atoms with Gasteiger partial charge in [0, 0.05) is 26.7 Å². The summed E-state index contributed by atoms with van der Waals surface area (Å²) in [5.41, 5.74) is 0.650. The molecule has 164 valence electrons. The molecule has 9 nitrogen and oxygen atoms in total. The summed E-state index contributed by atoms with van der Waals surface area (Å²) in [5, 5.41) is 6.02. The Hall–Kier alpha value is -2.50. The first-order valence-corrected chi connectivity index (χ1v) is 10.2. The standard InChI is InChI=1S/C19H25N3O6S2/c1-25-8-6-21-18(29)20-5-7-22-17(23)15(30-19(22)24)11-12-9-13(26-2)16(28-4)14(10-12)27-3/h9-11H,5-8H2,1-4H3,(H2,20,21,29)/b15-11-. The molecule has 1 aromatic rings. The van der Waals surface area contributed by atoms with Crippen LogP contribution in [0, 0.1) is 0 Å². The van der Waals surface area contributed by atoms with Crippen molar-refractivity contribution in [2.24, 2.45) is 0 Å². The highest BCUT2D eigenvalue weighted by atomic mass is 32.2. The third-order valence-electron chi connectivity index (χ3n) is 4.07. The van der Waals surface area contributed by atoms with Crippen LogP contribution in [0.3, 0.4) is 0 Å². The molecule has 0 aliphatic carbocycles. The molecule has 1 fully saturated rings. The molecule has 1 saturated heterocycles. The van der Waals surface area contributed by atoms with E-state index in [4.69, 9.17) is 31.2 Å². The highest BCUT2D eigenvalue weighted by Gasteiger charge is 2.34. The van der Waals surface area contributed by atoms with Gasteiger partial charge in [0.1, 0.15) is 0 Å². The van der Waals surface area contributed by atoms with E-state index in [9.17, 15) is 9.59 Å². The number of nitrogens with one attached hydrogen (secondary N) is 2. The summed E-state index contributed by atoms with van der Waals surface area (Å²) >= 11 is 6.01. The molecule has 2 amide bonds. The van der Waals surface area contributed by atoms with Crippen molar-refractivity contribution in [3.63, 3.8) is 0 Å². The van der Waals surface area contributed by atoms with Crippen molar-refractivity contribution < 1.29 is 28.5 Å². The Kier molecular flexibility index (Phi) is 9.21. The maximum atomic E-state index is 12.7. The second kappa shape index (κ2) is 11.6. The van der Waals surface area contributed by atoms with Gasteiger partial charge in [-0.2, -0.15) is 0 Å². The number of hydrogen-bond donors (Lipinski definition) is 2. The van der Waals surface area contributed by atoms with E-state index in [-0.39, 0.29) is 17.7 Å². The smallest absolute Gasteiger partial charge is 0.293 e. The second-order valence-corrected chi connectivity index (χ2v) is 7.37. The summed E-state index contributed by atoms with van der Waals surface area (Å²) in [7, 11) is 6.13. The highest BCUT2D eigenvalue weighted by molar-refractivity contribution is 8.18. The van der Waals surface area contributed by atoms with Crippen molar-refractivity contribution >= 4 is 46.3 Å². The number of carbonyl (C=O) groups excluding carboxylic acids is 2. The first-order chi connectivity index (χ1) is 14.4. The molecule has 1 heterocycles. The molecule has 1 aliphatic heterocycles. The molecule has 0 saturated carbocycles. The Morgan fingerprint density at radius 2 is 1.70 bits per heavy atom. The van der Waals surface area contributed by atoms with Crippen LogP contribution in [0.15, 0.2) is 17.0 Å². The molecule has 30 heavy (non-hydrogen) atoms. The van der Waals surface area contributed by atoms with Crippen LogP contribution in [0.2, 0.25) is 0 Å². The number of amides is 2. The van der Waals surface area contributed by atoms with E-state index in [2.05, 4.69) is 10.6 Å². The lowest BCUT2D eigenvalue weighted by atomic mass is 10.1. The lowest BCUT2D eigenvalue weighted by Crippen LogP contribution is -2.42. The molecule has 0 aromatic heterocycles. The number of nitrogens with zero attached hydrogens (tertiary/aromatic N) is 1. The number of ether oxygens (including phenoxy) is 4. The number of methoxy groups -OCH3 is 4. The molecule has 0 atom stereocenters. The van der Waals surface area contributed by atoms with Crippen LogP contribution >= 0.6 is 24.0 Å². The van der Waals surface area contributed by atoms with Gasteiger partial charge in [0.25, 0.3) is 11.1 Å². The lowest BCUT2D eigenvalue weighted by molar-refractivity contribution is -0.122. The largest absolute Gasteiger partial charge is 0.493 e. The summed E-state index contributed by atoms with van der Waals surface area (Å²) in [6.07, 6.45) is 1.62. The Labute approximate surface area is 185 Å². The van der Waals surface area contributed by atoms with Crippen molar-refractivity contribution in [3.05, 3.63) is 22.6 Å². The maximum absolute atomic E-state index is 12.7. The van der Waals surface area contributed by atoms with Gasteiger partial charge < -0.3 is 29.6 Å². The fourth-order valence-electron chi connectivity index (χ4n) is 2.64. The first kappa shape index (κ1) is 23.8. The zero-order valence-electron chi connectivity index (χ0n) is 17.3. The van der Waals surface area contributed by atoms with Crippen LogP contribution in [0.4, 0.5) is 4.79 Å². The van der Waals surface area contributed by atoms with E-state index in [1.807, 2.05) is 0 Å². The van der Waals surface area contributed by atoms with Gasteiger partial charge in [-0.25, -0.2) is 0 Å². The van der Waals surface area contributed by atoms with Gasteiger partial charge in [0.05, 0.1) is 32.8 Å². The molecule has 2 N–H and O–H groups in total. The molecule has 0 unspecified atom stereocenters. The molecule has 11 heteroatoms. The van der Waals surface area contributed by atoms with Gasteiger partial charge in [-0.05, 0) is 47.8 Å². The zero-order chi connectivity index (χ0) is 22.1. The van der Waals surface area contributed by atoms with E-state index >= 15 is 0 Å². The van der Waals surface area contributed by atoms with Crippen molar-refractivity contribution in [1.29, 1.82) is 0 Å². The summed E-state index contributed by atoms with van der Waals surface area (Å²) in [4.78, 5) is 26.5. The average Bonchev–Trinajstić information content (AvgIpc) is 3.00. The number of carbonyl (C=O) groups is 2. The number of imide groups is 1. The number of rotatable bonds is 10. The SMILES string of the molecule is COCCNC(=S)NCCN1C(=O)S/C(=C\c2cc(OC)c(OC)c(OC)c2)C1=O. The van der Waals surface area contributed by atoms with E-state index in [0.29, 0.717) is 52.5 Å². The third-order valence-corrected chi connectivity index (χ3v) is 5.27. The summed E-state index contributed by atoms with van der Waals surface area (Å²) < 4.78 is 20.9. The fourth-order valence-corrected chi connectivity index (χ4v) is 3.71. The quantitative estimate of drug-likeness (QED) is 0.309. The predicted molar refractivity (Wildman–Crippen MR) is 119 cm³/mol.